The number of benzene rings is 20. The fourth-order valence-corrected chi connectivity index (χ4v) is 16.4. The topological polar surface area (TPSA) is 40.5 Å². The summed E-state index contributed by atoms with van der Waals surface area (Å²) in [5.41, 5.74) is 17.5. The van der Waals surface area contributed by atoms with Gasteiger partial charge >= 0.3 is 7.12 Å². The smallest absolute Gasteiger partial charge is 0.423 e. The van der Waals surface area contributed by atoms with Gasteiger partial charge in [-0.05, 0) is 234 Å². The Bertz CT molecular complexity index is 6630. The largest absolute Gasteiger partial charge is 0.489 e. The maximum Gasteiger partial charge on any atom is 0.489 e. The zero-order valence-corrected chi connectivity index (χ0v) is 58.4. The van der Waals surface area contributed by atoms with E-state index in [0.29, 0.717) is 5.46 Å². The van der Waals surface area contributed by atoms with Crippen molar-refractivity contribution in [2.24, 2.45) is 0 Å². The van der Waals surface area contributed by atoms with Crippen LogP contribution in [0.3, 0.4) is 0 Å². The predicted molar refractivity (Wildman–Crippen MR) is 450 cm³/mol. The van der Waals surface area contributed by atoms with Gasteiger partial charge in [-0.3, -0.25) is 0 Å². The molecule has 0 amide bonds. The van der Waals surface area contributed by atoms with Crippen molar-refractivity contribution in [1.29, 1.82) is 0 Å². The van der Waals surface area contributed by atoms with E-state index in [0.717, 1.165) is 42.7 Å². The Balaban J connectivity index is 0.000000122. The third-order valence-corrected chi connectivity index (χ3v) is 21.3. The molecular formula is C100H66BBrO2. The summed E-state index contributed by atoms with van der Waals surface area (Å²) in [6.45, 7) is 0. The number of halogens is 1. The quantitative estimate of drug-likeness (QED) is 0.0904. The zero-order valence-electron chi connectivity index (χ0n) is 56.8. The van der Waals surface area contributed by atoms with Gasteiger partial charge in [-0.25, -0.2) is 0 Å². The highest BCUT2D eigenvalue weighted by molar-refractivity contribution is 9.10. The lowest BCUT2D eigenvalue weighted by atomic mass is 9.72. The number of hydrogen-bond donors (Lipinski definition) is 2. The molecule has 488 valence electrons. The third-order valence-electron chi connectivity index (χ3n) is 20.8. The highest BCUT2D eigenvalue weighted by Gasteiger charge is 2.23. The molecular weight excluding hydrogens is 1320 g/mol. The summed E-state index contributed by atoms with van der Waals surface area (Å²) in [5.74, 6) is 0. The molecule has 0 unspecified atom stereocenters. The average molecular weight is 1390 g/mol. The van der Waals surface area contributed by atoms with Crippen LogP contribution in [0.2, 0.25) is 0 Å². The van der Waals surface area contributed by atoms with Crippen molar-refractivity contribution >= 4 is 136 Å². The van der Waals surface area contributed by atoms with Gasteiger partial charge in [0.2, 0.25) is 0 Å². The van der Waals surface area contributed by atoms with E-state index in [-0.39, 0.29) is 0 Å². The lowest BCUT2D eigenvalue weighted by molar-refractivity contribution is 0.426. The van der Waals surface area contributed by atoms with Crippen LogP contribution in [-0.2, 0) is 0 Å². The highest BCUT2D eigenvalue weighted by Crippen LogP contribution is 2.46. The molecule has 2 N–H and O–H groups in total. The molecule has 20 aromatic carbocycles. The molecule has 0 saturated carbocycles. The van der Waals surface area contributed by atoms with Crippen molar-refractivity contribution < 1.29 is 10.0 Å². The SMILES string of the molecule is Brc1cccc(-c2ccc3ccc4ccccc4c3c2)c1.OB(O)c1c2ccccc2c(-c2cccc(-c3cccc4ccccc34)c2)c2ccccc12.c1cc(-c2ccc3ccc4ccccc4c3c2)cc(-c2c3ccccc3c(-c3cccc(-c4cccc5ccccc45)c3)c3ccccc23)c1. The minimum absolute atomic E-state index is 0.551. The van der Waals surface area contributed by atoms with Gasteiger partial charge in [-0.1, -0.05) is 362 Å². The summed E-state index contributed by atoms with van der Waals surface area (Å²) in [6.07, 6.45) is 0. The number of fused-ring (bicyclic) bond motifs is 12. The lowest BCUT2D eigenvalue weighted by Crippen LogP contribution is -2.31. The van der Waals surface area contributed by atoms with Crippen LogP contribution in [0.1, 0.15) is 0 Å². The highest BCUT2D eigenvalue weighted by atomic mass is 79.9. The second-order valence-corrected chi connectivity index (χ2v) is 27.8. The van der Waals surface area contributed by atoms with Crippen LogP contribution < -0.4 is 5.46 Å². The average Bonchev–Trinajstić information content (AvgIpc) is 0.745. The Morgan fingerprint density at radius 3 is 0.808 bits per heavy atom. The van der Waals surface area contributed by atoms with Crippen molar-refractivity contribution in [3.8, 4) is 77.9 Å². The van der Waals surface area contributed by atoms with Crippen LogP contribution in [0.4, 0.5) is 0 Å². The predicted octanol–water partition coefficient (Wildman–Crippen LogP) is 26.7. The summed E-state index contributed by atoms with van der Waals surface area (Å²) in [4.78, 5) is 0. The van der Waals surface area contributed by atoms with E-state index in [2.05, 4.69) is 368 Å². The van der Waals surface area contributed by atoms with Gasteiger partial charge in [0, 0.05) is 4.47 Å². The molecule has 0 bridgehead atoms. The number of hydrogen-bond acceptors (Lipinski definition) is 2. The van der Waals surface area contributed by atoms with Crippen molar-refractivity contribution in [2.45, 2.75) is 0 Å². The molecule has 0 aliphatic rings. The summed E-state index contributed by atoms with van der Waals surface area (Å²) in [5, 5.41) is 44.5. The minimum Gasteiger partial charge on any atom is -0.423 e. The Morgan fingerprint density at radius 1 is 0.173 bits per heavy atom. The van der Waals surface area contributed by atoms with Gasteiger partial charge < -0.3 is 10.0 Å². The third kappa shape index (κ3) is 11.8. The Hall–Kier alpha value is -12.5. The van der Waals surface area contributed by atoms with E-state index in [1.165, 1.54) is 147 Å². The lowest BCUT2D eigenvalue weighted by Gasteiger charge is -2.19. The molecule has 0 heterocycles. The second-order valence-electron chi connectivity index (χ2n) is 26.8. The second kappa shape index (κ2) is 27.4. The molecule has 0 fully saturated rings. The summed E-state index contributed by atoms with van der Waals surface area (Å²) >= 11 is 3.55. The molecule has 0 aromatic heterocycles. The van der Waals surface area contributed by atoms with Gasteiger partial charge in [0.05, 0.1) is 0 Å². The molecule has 20 aromatic rings. The van der Waals surface area contributed by atoms with Crippen LogP contribution in [0, 0.1) is 0 Å². The van der Waals surface area contributed by atoms with Crippen LogP contribution in [0.15, 0.2) is 393 Å². The van der Waals surface area contributed by atoms with Crippen LogP contribution >= 0.6 is 15.9 Å². The van der Waals surface area contributed by atoms with Crippen molar-refractivity contribution in [2.75, 3.05) is 0 Å². The van der Waals surface area contributed by atoms with E-state index in [9.17, 15) is 10.0 Å². The minimum atomic E-state index is -1.55. The first kappa shape index (κ1) is 63.6. The Kier molecular flexibility index (Phi) is 16.8. The normalized spacial score (nSPS) is 11.4. The fourth-order valence-electron chi connectivity index (χ4n) is 16.0. The van der Waals surface area contributed by atoms with Crippen LogP contribution in [0.25, 0.3) is 186 Å². The van der Waals surface area contributed by atoms with Gasteiger partial charge in [-0.2, -0.15) is 0 Å². The Morgan fingerprint density at radius 2 is 0.423 bits per heavy atom. The van der Waals surface area contributed by atoms with E-state index < -0.39 is 7.12 Å². The molecule has 0 aliphatic carbocycles. The molecule has 0 radical (unpaired) electrons. The van der Waals surface area contributed by atoms with E-state index >= 15 is 0 Å². The van der Waals surface area contributed by atoms with E-state index in [4.69, 9.17) is 0 Å². The van der Waals surface area contributed by atoms with Gasteiger partial charge in [0.25, 0.3) is 0 Å². The molecule has 0 atom stereocenters. The molecule has 0 saturated heterocycles. The molecule has 104 heavy (non-hydrogen) atoms. The van der Waals surface area contributed by atoms with Crippen molar-refractivity contribution in [1.82, 2.24) is 0 Å². The molecule has 2 nitrogen and oxygen atoms in total. The van der Waals surface area contributed by atoms with Crippen LogP contribution in [-0.4, -0.2) is 17.2 Å². The molecule has 0 aliphatic heterocycles. The van der Waals surface area contributed by atoms with Gasteiger partial charge in [0.1, 0.15) is 0 Å². The first-order valence-corrected chi connectivity index (χ1v) is 36.2. The van der Waals surface area contributed by atoms with Crippen molar-refractivity contribution in [3.63, 3.8) is 0 Å². The maximum absolute atomic E-state index is 10.2. The van der Waals surface area contributed by atoms with Crippen molar-refractivity contribution in [3.05, 3.63) is 393 Å². The van der Waals surface area contributed by atoms with Gasteiger partial charge in [0.15, 0.2) is 0 Å². The summed E-state index contributed by atoms with van der Waals surface area (Å²) in [6, 6.07) is 139. The molecule has 4 heteroatoms. The standard InChI is InChI=1S/C50H32.C30H21BO2.C20H13Br/c1-3-19-41-33(12-1)14-11-25-43(41)38-16-10-18-40(31-38)50-46-23-7-5-21-44(46)49(45-22-6-8-24-47(45)50)39-17-9-15-36(30-39)37-29-28-35-27-26-34-13-2-4-20-42(34)48(35)32-37;32-31(33)30-27-16-5-3-14-25(27)29(26-15-4-6-17-28(26)30)22-12-7-11-21(19-22)24-18-8-10-20-9-1-2-13-23(20)24;21-18-6-3-5-16(12-18)17-11-10-15-9-8-14-4-1-2-7-19(14)20(15)13-17/h1-32H;1-19,32-33H;1-13H. The first-order chi connectivity index (χ1) is 51.3. The Labute approximate surface area is 612 Å². The summed E-state index contributed by atoms with van der Waals surface area (Å²) < 4.78 is 1.11. The molecule has 20 rings (SSSR count). The monoisotopic (exact) mass is 1390 g/mol. The van der Waals surface area contributed by atoms with Crippen LogP contribution in [0.5, 0.6) is 0 Å². The van der Waals surface area contributed by atoms with Gasteiger partial charge in [-0.15, -0.1) is 0 Å². The first-order valence-electron chi connectivity index (χ1n) is 35.4. The summed E-state index contributed by atoms with van der Waals surface area (Å²) in [7, 11) is -1.55. The maximum atomic E-state index is 10.2. The number of rotatable bonds is 8. The fraction of sp³-hybridized carbons (Fsp3) is 0. The molecule has 0 spiro atoms. The zero-order chi connectivity index (χ0) is 69.6. The van der Waals surface area contributed by atoms with E-state index in [1.54, 1.807) is 0 Å². The van der Waals surface area contributed by atoms with E-state index in [1.807, 2.05) is 36.4 Å².